The monoisotopic (exact) mass is 919 g/mol. The summed E-state index contributed by atoms with van der Waals surface area (Å²) in [5.74, 6) is 0. The van der Waals surface area contributed by atoms with Crippen molar-refractivity contribution in [2.75, 3.05) is 9.80 Å². The number of nitrogens with zero attached hydrogens (tertiary/aromatic N) is 2. The van der Waals surface area contributed by atoms with Crippen LogP contribution in [-0.2, 0) is 21.7 Å². The molecule has 2 nitrogen and oxygen atoms in total. The van der Waals surface area contributed by atoms with Crippen molar-refractivity contribution in [1.29, 1.82) is 0 Å². The Labute approximate surface area is 422 Å². The number of hydrogen-bond donors (Lipinski definition) is 0. The summed E-state index contributed by atoms with van der Waals surface area (Å²) < 4.78 is 0. The van der Waals surface area contributed by atoms with Gasteiger partial charge in [0.05, 0.1) is 5.41 Å². The Bertz CT molecular complexity index is 3490. The lowest BCUT2D eigenvalue weighted by Crippen LogP contribution is -2.61. The topological polar surface area (TPSA) is 6.48 Å². The average Bonchev–Trinajstić information content (AvgIpc) is 3.66. The fourth-order valence-corrected chi connectivity index (χ4v) is 12.2. The molecule has 0 bridgehead atoms. The molecule has 9 aromatic rings. The number of benzene rings is 9. The molecule has 9 aromatic carbocycles. The zero-order valence-corrected chi connectivity index (χ0v) is 43.0. The quantitative estimate of drug-likeness (QED) is 0.159. The van der Waals surface area contributed by atoms with Gasteiger partial charge in [0.2, 0.25) is 0 Å². The van der Waals surface area contributed by atoms with Crippen LogP contribution in [0, 0.1) is 6.92 Å². The Morgan fingerprint density at radius 3 is 1.46 bits per heavy atom. The molecule has 0 unspecified atom stereocenters. The van der Waals surface area contributed by atoms with Crippen LogP contribution in [0.4, 0.5) is 34.1 Å². The van der Waals surface area contributed by atoms with Crippen LogP contribution in [-0.4, -0.2) is 6.71 Å². The highest BCUT2D eigenvalue weighted by Crippen LogP contribution is 2.57. The number of anilines is 6. The van der Waals surface area contributed by atoms with Gasteiger partial charge < -0.3 is 9.80 Å². The van der Waals surface area contributed by atoms with Crippen molar-refractivity contribution < 1.29 is 0 Å². The van der Waals surface area contributed by atoms with Gasteiger partial charge >= 0.3 is 0 Å². The van der Waals surface area contributed by atoms with Gasteiger partial charge in [-0.3, -0.25) is 0 Å². The maximum Gasteiger partial charge on any atom is 0.252 e. The van der Waals surface area contributed by atoms with E-state index in [0.717, 1.165) is 5.69 Å². The fraction of sp³-hybridized carbons (Fsp3) is 0.206. The molecule has 2 heterocycles. The minimum absolute atomic E-state index is 0.0145. The van der Waals surface area contributed by atoms with Crippen LogP contribution in [0.15, 0.2) is 200 Å². The lowest BCUT2D eigenvalue weighted by atomic mass is 9.33. The molecule has 3 heteroatoms. The lowest BCUT2D eigenvalue weighted by Gasteiger charge is -2.45. The number of hydrogen-bond acceptors (Lipinski definition) is 2. The molecule has 0 aromatic heterocycles. The van der Waals surface area contributed by atoms with E-state index in [1.54, 1.807) is 0 Å². The molecule has 3 aliphatic rings. The van der Waals surface area contributed by atoms with Crippen molar-refractivity contribution in [3.8, 4) is 22.3 Å². The predicted octanol–water partition coefficient (Wildman–Crippen LogP) is 16.0. The molecular formula is C68H63BN2. The van der Waals surface area contributed by atoms with Crippen molar-refractivity contribution in [3.63, 3.8) is 0 Å². The van der Waals surface area contributed by atoms with Gasteiger partial charge in [0.25, 0.3) is 6.71 Å². The zero-order valence-electron chi connectivity index (χ0n) is 43.0. The maximum atomic E-state index is 2.57. The largest absolute Gasteiger partial charge is 0.311 e. The van der Waals surface area contributed by atoms with Crippen molar-refractivity contribution in [3.05, 3.63) is 245 Å². The molecule has 2 aliphatic heterocycles. The maximum absolute atomic E-state index is 2.57. The van der Waals surface area contributed by atoms with E-state index in [9.17, 15) is 0 Å². The molecule has 0 saturated heterocycles. The fourth-order valence-electron chi connectivity index (χ4n) is 12.2. The average molecular weight is 919 g/mol. The molecule has 0 fully saturated rings. The van der Waals surface area contributed by atoms with E-state index < -0.39 is 5.41 Å². The first-order chi connectivity index (χ1) is 34.0. The molecule has 12 rings (SSSR count). The summed E-state index contributed by atoms with van der Waals surface area (Å²) in [6.07, 6.45) is 0. The van der Waals surface area contributed by atoms with E-state index in [1.807, 2.05) is 0 Å². The number of fused-ring (bicyclic) bond motifs is 7. The summed E-state index contributed by atoms with van der Waals surface area (Å²) in [5.41, 5.74) is 26.4. The molecule has 0 saturated carbocycles. The van der Waals surface area contributed by atoms with Crippen molar-refractivity contribution in [1.82, 2.24) is 0 Å². The van der Waals surface area contributed by atoms with Gasteiger partial charge in [-0.15, -0.1) is 0 Å². The predicted molar refractivity (Wildman–Crippen MR) is 304 cm³/mol. The van der Waals surface area contributed by atoms with E-state index in [1.165, 1.54) is 112 Å². The molecule has 0 N–H and O–H groups in total. The van der Waals surface area contributed by atoms with E-state index in [2.05, 4.69) is 279 Å². The van der Waals surface area contributed by atoms with Gasteiger partial charge in [-0.2, -0.15) is 0 Å². The van der Waals surface area contributed by atoms with Crippen LogP contribution in [0.5, 0.6) is 0 Å². The smallest absolute Gasteiger partial charge is 0.252 e. The Morgan fingerprint density at radius 1 is 0.366 bits per heavy atom. The summed E-state index contributed by atoms with van der Waals surface area (Å²) in [6, 6.07) is 76.6. The van der Waals surface area contributed by atoms with Crippen LogP contribution in [0.3, 0.4) is 0 Å². The van der Waals surface area contributed by atoms with Gasteiger partial charge in [0, 0.05) is 34.1 Å². The van der Waals surface area contributed by atoms with Gasteiger partial charge in [-0.25, -0.2) is 0 Å². The van der Waals surface area contributed by atoms with Crippen LogP contribution in [0.25, 0.3) is 22.3 Å². The van der Waals surface area contributed by atoms with Crippen LogP contribution in [0.1, 0.15) is 107 Å². The van der Waals surface area contributed by atoms with Crippen molar-refractivity contribution in [2.24, 2.45) is 0 Å². The minimum atomic E-state index is -0.454. The van der Waals surface area contributed by atoms with Crippen molar-refractivity contribution >= 4 is 57.2 Å². The number of aryl methyl sites for hydroxylation is 1. The third-order valence-electron chi connectivity index (χ3n) is 15.9. The van der Waals surface area contributed by atoms with E-state index >= 15 is 0 Å². The highest BCUT2D eigenvalue weighted by molar-refractivity contribution is 7.00. The molecule has 0 atom stereocenters. The summed E-state index contributed by atoms with van der Waals surface area (Å²) >= 11 is 0. The Kier molecular flexibility index (Phi) is 10.2. The first kappa shape index (κ1) is 44.8. The Morgan fingerprint density at radius 2 is 0.859 bits per heavy atom. The SMILES string of the molecule is Cc1cc2c3c(c1)N(c1ccc(C(C)(C)C)cc1)c1cc(C(C)(C)C)ccc1B3c1cc(C(C)(C)C)ccc1N2c1ccc(-c2ccc3c(c2)C(c2ccccc2)(c2ccccc2)c2ccccc2-3)cc1. The third-order valence-corrected chi connectivity index (χ3v) is 15.9. The van der Waals surface area contributed by atoms with E-state index in [0.29, 0.717) is 0 Å². The second-order valence-corrected chi connectivity index (χ2v) is 23.5. The third kappa shape index (κ3) is 7.06. The van der Waals surface area contributed by atoms with Gasteiger partial charge in [0.15, 0.2) is 0 Å². The molecule has 1 aliphatic carbocycles. The summed E-state index contributed by atoms with van der Waals surface area (Å²) in [4.78, 5) is 5.12. The minimum Gasteiger partial charge on any atom is -0.311 e. The zero-order chi connectivity index (χ0) is 49.2. The molecular weight excluding hydrogens is 856 g/mol. The normalized spacial score (nSPS) is 14.4. The standard InChI is InChI=1S/C68H63BN2/c1-44-39-62-64-63(40-44)71(53-34-28-47(29-35-53)65(2,3)4)61-43-51(67(8,9)10)30-37-58(61)69(64)59-42-50(66(5,6)7)31-38-60(59)70(62)52-32-25-45(26-33-52)46-27-36-55-54-23-17-18-24-56(54)68(57(55)41-46,48-19-13-11-14-20-48)49-21-15-12-16-22-49/h11-43H,1-10H3. The van der Waals surface area contributed by atoms with Gasteiger partial charge in [0.1, 0.15) is 0 Å². The first-order valence-electron chi connectivity index (χ1n) is 25.6. The van der Waals surface area contributed by atoms with Gasteiger partial charge in [-0.1, -0.05) is 208 Å². The van der Waals surface area contributed by atoms with E-state index in [4.69, 9.17) is 0 Å². The summed E-state index contributed by atoms with van der Waals surface area (Å²) in [5, 5.41) is 0. The molecule has 0 radical (unpaired) electrons. The number of rotatable bonds is 5. The Balaban J connectivity index is 1.04. The molecule has 71 heavy (non-hydrogen) atoms. The lowest BCUT2D eigenvalue weighted by molar-refractivity contribution is 0.590. The molecule has 0 amide bonds. The van der Waals surface area contributed by atoms with Crippen LogP contribution < -0.4 is 26.2 Å². The second-order valence-electron chi connectivity index (χ2n) is 23.5. The van der Waals surface area contributed by atoms with E-state index in [-0.39, 0.29) is 23.0 Å². The highest BCUT2D eigenvalue weighted by atomic mass is 15.2. The first-order valence-corrected chi connectivity index (χ1v) is 25.6. The van der Waals surface area contributed by atoms with Crippen LogP contribution >= 0.6 is 0 Å². The molecule has 348 valence electrons. The highest BCUT2D eigenvalue weighted by Gasteiger charge is 2.47. The summed E-state index contributed by atoms with van der Waals surface area (Å²) in [7, 11) is 0. The summed E-state index contributed by atoms with van der Waals surface area (Å²) in [6.45, 7) is 23.2. The van der Waals surface area contributed by atoms with Crippen molar-refractivity contribution in [2.45, 2.75) is 90.9 Å². The second kappa shape index (κ2) is 16.1. The van der Waals surface area contributed by atoms with Gasteiger partial charge in [-0.05, 0) is 161 Å². The van der Waals surface area contributed by atoms with Crippen LogP contribution in [0.2, 0.25) is 0 Å². The molecule has 0 spiro atoms. The Hall–Kier alpha value is -7.36.